The molecule has 0 saturated carbocycles. The predicted molar refractivity (Wildman–Crippen MR) is 119 cm³/mol. The van der Waals surface area contributed by atoms with Gasteiger partial charge in [0.25, 0.3) is 5.91 Å². The molecule has 1 amide bonds. The van der Waals surface area contributed by atoms with E-state index in [1.165, 1.54) is 23.9 Å². The van der Waals surface area contributed by atoms with Gasteiger partial charge in [-0.1, -0.05) is 42.5 Å². The Balaban J connectivity index is 1.42. The largest absolute Gasteiger partial charge is 0.457 e. The fraction of sp³-hybridized carbons (Fsp3) is 0.0833. The lowest BCUT2D eigenvalue weighted by atomic mass is 10.1. The van der Waals surface area contributed by atoms with Crippen LogP contribution in [0.2, 0.25) is 0 Å². The highest BCUT2D eigenvalue weighted by Crippen LogP contribution is 2.30. The van der Waals surface area contributed by atoms with Gasteiger partial charge in [0.1, 0.15) is 11.5 Å². The molecule has 4 rings (SSSR count). The van der Waals surface area contributed by atoms with Crippen LogP contribution < -0.4 is 10.1 Å². The van der Waals surface area contributed by atoms with Gasteiger partial charge in [0.05, 0.1) is 17.0 Å². The number of nitrogens with one attached hydrogen (secondary N) is 1. The van der Waals surface area contributed by atoms with E-state index in [9.17, 15) is 18.0 Å². The molecule has 0 aliphatic carbocycles. The zero-order valence-electron chi connectivity index (χ0n) is 16.6. The number of amides is 1. The molecule has 0 atom stereocenters. The van der Waals surface area contributed by atoms with Crippen molar-refractivity contribution in [2.45, 2.75) is 12.7 Å². The van der Waals surface area contributed by atoms with E-state index in [-0.39, 0.29) is 12.5 Å². The molecule has 32 heavy (non-hydrogen) atoms. The summed E-state index contributed by atoms with van der Waals surface area (Å²) in [4.78, 5) is 17.1. The zero-order chi connectivity index (χ0) is 22.6. The number of ether oxygens (including phenoxy) is 1. The summed E-state index contributed by atoms with van der Waals surface area (Å²) in [5.41, 5.74) is 0.699. The molecule has 0 radical (unpaired) electrons. The number of benzene rings is 3. The molecule has 1 aliphatic rings. The number of hydrogen-bond acceptors (Lipinski definition) is 4. The molecule has 1 N–H and O–H groups in total. The van der Waals surface area contributed by atoms with Crippen LogP contribution in [0.1, 0.15) is 16.7 Å². The molecule has 0 aromatic heterocycles. The number of amidine groups is 1. The molecule has 4 nitrogen and oxygen atoms in total. The Morgan fingerprint density at radius 3 is 2.38 bits per heavy atom. The van der Waals surface area contributed by atoms with Crippen LogP contribution in [0.25, 0.3) is 6.08 Å². The highest BCUT2D eigenvalue weighted by Gasteiger charge is 2.30. The van der Waals surface area contributed by atoms with Gasteiger partial charge < -0.3 is 10.1 Å². The third-order valence-corrected chi connectivity index (χ3v) is 5.42. The molecule has 1 aliphatic heterocycles. The van der Waals surface area contributed by atoms with E-state index in [1.54, 1.807) is 6.08 Å². The summed E-state index contributed by atoms with van der Waals surface area (Å²) in [5.74, 6) is 1.07. The van der Waals surface area contributed by atoms with Crippen LogP contribution in [0, 0.1) is 0 Å². The van der Waals surface area contributed by atoms with Gasteiger partial charge in [0, 0.05) is 0 Å². The molecule has 0 bridgehead atoms. The first-order valence-corrected chi connectivity index (χ1v) is 10.4. The quantitative estimate of drug-likeness (QED) is 0.463. The van der Waals surface area contributed by atoms with E-state index < -0.39 is 11.7 Å². The van der Waals surface area contributed by atoms with Crippen LogP contribution in [0.15, 0.2) is 88.8 Å². The minimum absolute atomic E-state index is 0.161. The second kappa shape index (κ2) is 9.32. The van der Waals surface area contributed by atoms with E-state index in [2.05, 4.69) is 10.3 Å². The third-order valence-electron chi connectivity index (χ3n) is 4.47. The second-order valence-electron chi connectivity index (χ2n) is 6.87. The molecule has 1 heterocycles. The van der Waals surface area contributed by atoms with E-state index in [4.69, 9.17) is 4.74 Å². The fourth-order valence-electron chi connectivity index (χ4n) is 2.91. The fourth-order valence-corrected chi connectivity index (χ4v) is 3.73. The molecular formula is C24H17F3N2O2S. The Kier molecular flexibility index (Phi) is 6.32. The number of para-hydroxylation sites is 1. The number of nitrogens with zero attached hydrogens (tertiary/aromatic N) is 1. The summed E-state index contributed by atoms with van der Waals surface area (Å²) in [6, 6.07) is 21.5. The predicted octanol–water partition coefficient (Wildman–Crippen LogP) is 6.26. The van der Waals surface area contributed by atoms with Gasteiger partial charge in [-0.2, -0.15) is 13.2 Å². The van der Waals surface area contributed by atoms with Gasteiger partial charge in [-0.25, -0.2) is 0 Å². The Bertz CT molecular complexity index is 1170. The first kappa shape index (κ1) is 21.7. The van der Waals surface area contributed by atoms with Crippen molar-refractivity contribution < 1.29 is 22.7 Å². The number of rotatable bonds is 5. The molecule has 1 fully saturated rings. The van der Waals surface area contributed by atoms with Gasteiger partial charge in [0.2, 0.25) is 0 Å². The molecule has 1 saturated heterocycles. The van der Waals surface area contributed by atoms with Crippen LogP contribution >= 0.6 is 11.8 Å². The van der Waals surface area contributed by atoms with Crippen LogP contribution in [-0.4, -0.2) is 11.1 Å². The maximum absolute atomic E-state index is 12.7. The third kappa shape index (κ3) is 5.59. The second-order valence-corrected chi connectivity index (χ2v) is 7.90. The first-order valence-electron chi connectivity index (χ1n) is 9.61. The molecular weight excluding hydrogens is 437 g/mol. The lowest BCUT2D eigenvalue weighted by molar-refractivity contribution is -0.137. The molecule has 3 aromatic carbocycles. The minimum Gasteiger partial charge on any atom is -0.457 e. The maximum atomic E-state index is 12.7. The maximum Gasteiger partial charge on any atom is 0.416 e. The zero-order valence-corrected chi connectivity index (χ0v) is 17.4. The smallest absolute Gasteiger partial charge is 0.416 e. The Labute approximate surface area is 186 Å². The summed E-state index contributed by atoms with van der Waals surface area (Å²) in [5, 5.41) is 3.08. The standard InChI is InChI=1S/C24H17F3N2O2S/c25-24(26,27)18-11-9-16(10-12-18)15-28-23-29-22(30)21(32-23)14-17-5-4-8-20(13-17)31-19-6-2-1-3-7-19/h1-14H,15H2,(H,28,29,30). The number of thioether (sulfide) groups is 1. The molecule has 0 unspecified atom stereocenters. The summed E-state index contributed by atoms with van der Waals surface area (Å²) in [6.07, 6.45) is -2.64. The normalized spacial score (nSPS) is 16.4. The van der Waals surface area contributed by atoms with E-state index in [1.807, 2.05) is 54.6 Å². The van der Waals surface area contributed by atoms with E-state index >= 15 is 0 Å². The summed E-state index contributed by atoms with van der Waals surface area (Å²) in [6.45, 7) is 0.161. The van der Waals surface area contributed by atoms with E-state index in [0.717, 1.165) is 17.7 Å². The number of hydrogen-bond donors (Lipinski definition) is 1. The number of aliphatic imine (C=N–C) groups is 1. The van der Waals surface area contributed by atoms with Gasteiger partial charge in [-0.15, -0.1) is 0 Å². The van der Waals surface area contributed by atoms with Crippen LogP contribution in [0.4, 0.5) is 13.2 Å². The van der Waals surface area contributed by atoms with Crippen molar-refractivity contribution in [3.8, 4) is 11.5 Å². The average molecular weight is 454 g/mol. The van der Waals surface area contributed by atoms with Gasteiger partial charge in [0.15, 0.2) is 5.17 Å². The Morgan fingerprint density at radius 2 is 1.66 bits per heavy atom. The van der Waals surface area contributed by atoms with Crippen LogP contribution in [0.5, 0.6) is 11.5 Å². The van der Waals surface area contributed by atoms with E-state index in [0.29, 0.717) is 27.1 Å². The van der Waals surface area contributed by atoms with Gasteiger partial charge in [-0.05, 0) is 65.4 Å². The number of halogens is 3. The number of carbonyl (C=O) groups excluding carboxylic acids is 1. The topological polar surface area (TPSA) is 50.7 Å². The average Bonchev–Trinajstić information content (AvgIpc) is 3.12. The van der Waals surface area contributed by atoms with Crippen molar-refractivity contribution in [2.75, 3.05) is 0 Å². The van der Waals surface area contributed by atoms with Crippen molar-refractivity contribution in [1.82, 2.24) is 5.32 Å². The molecule has 162 valence electrons. The molecule has 0 spiro atoms. The van der Waals surface area contributed by atoms with Crippen molar-refractivity contribution in [1.29, 1.82) is 0 Å². The summed E-state index contributed by atoms with van der Waals surface area (Å²) >= 11 is 1.18. The van der Waals surface area contributed by atoms with Crippen LogP contribution in [0.3, 0.4) is 0 Å². The minimum atomic E-state index is -4.37. The monoisotopic (exact) mass is 454 g/mol. The number of carbonyl (C=O) groups is 1. The Hall–Kier alpha value is -3.52. The van der Waals surface area contributed by atoms with Crippen molar-refractivity contribution >= 4 is 28.9 Å². The highest BCUT2D eigenvalue weighted by molar-refractivity contribution is 8.18. The molecule has 3 aromatic rings. The Morgan fingerprint density at radius 1 is 0.938 bits per heavy atom. The lowest BCUT2D eigenvalue weighted by Gasteiger charge is -2.06. The van der Waals surface area contributed by atoms with Gasteiger partial charge in [-0.3, -0.25) is 9.79 Å². The summed E-state index contributed by atoms with van der Waals surface area (Å²) < 4.78 is 43.8. The number of alkyl halides is 3. The highest BCUT2D eigenvalue weighted by atomic mass is 32.2. The summed E-state index contributed by atoms with van der Waals surface area (Å²) in [7, 11) is 0. The first-order chi connectivity index (χ1) is 15.4. The molecule has 8 heteroatoms. The van der Waals surface area contributed by atoms with Gasteiger partial charge >= 0.3 is 6.18 Å². The SMILES string of the molecule is O=C1NC(=NCc2ccc(C(F)(F)F)cc2)SC1=Cc1cccc(Oc2ccccc2)c1. The van der Waals surface area contributed by atoms with Crippen molar-refractivity contribution in [3.05, 3.63) is 100 Å². The lowest BCUT2D eigenvalue weighted by Crippen LogP contribution is -2.19. The van der Waals surface area contributed by atoms with Crippen molar-refractivity contribution in [2.24, 2.45) is 4.99 Å². The van der Waals surface area contributed by atoms with Crippen LogP contribution in [-0.2, 0) is 17.5 Å². The van der Waals surface area contributed by atoms with Crippen molar-refractivity contribution in [3.63, 3.8) is 0 Å².